The molecule has 0 fully saturated rings. The van der Waals surface area contributed by atoms with Crippen molar-refractivity contribution in [2.75, 3.05) is 6.54 Å². The lowest BCUT2D eigenvalue weighted by atomic mass is 10.2. The molecule has 1 aromatic heterocycles. The number of nitrogens with zero attached hydrogens (tertiary/aromatic N) is 1. The lowest BCUT2D eigenvalue weighted by molar-refractivity contribution is -0.134. The minimum atomic E-state index is -4.29. The van der Waals surface area contributed by atoms with Crippen molar-refractivity contribution < 1.29 is 13.2 Å². The van der Waals surface area contributed by atoms with Crippen molar-refractivity contribution in [1.29, 1.82) is 0 Å². The summed E-state index contributed by atoms with van der Waals surface area (Å²) in [4.78, 5) is -0.632. The third-order valence-electron chi connectivity index (χ3n) is 1.32. The lowest BCUT2D eigenvalue weighted by Crippen LogP contribution is -2.09. The number of alkyl halides is 3. The van der Waals surface area contributed by atoms with Crippen molar-refractivity contribution in [3.05, 3.63) is 16.6 Å². The van der Waals surface area contributed by atoms with Crippen molar-refractivity contribution in [1.82, 2.24) is 4.37 Å². The molecule has 1 rings (SSSR count). The first-order valence-corrected chi connectivity index (χ1v) is 4.04. The summed E-state index contributed by atoms with van der Waals surface area (Å²) < 4.78 is 39.9. The molecule has 0 radical (unpaired) electrons. The van der Waals surface area contributed by atoms with E-state index < -0.39 is 11.1 Å². The van der Waals surface area contributed by atoms with Gasteiger partial charge in [0.2, 0.25) is 0 Å². The number of rotatable bonds is 2. The van der Waals surface area contributed by atoms with E-state index in [1.807, 2.05) is 0 Å². The second-order valence-electron chi connectivity index (χ2n) is 2.22. The predicted octanol–water partition coefficient (Wildman–Crippen LogP) is 1.66. The molecular weight excluding hydrogens is 189 g/mol. The zero-order chi connectivity index (χ0) is 9.19. The first-order chi connectivity index (χ1) is 5.55. The van der Waals surface area contributed by atoms with Gasteiger partial charge in [0.25, 0.3) is 0 Å². The Bertz CT molecular complexity index is 256. The molecule has 2 N–H and O–H groups in total. The fourth-order valence-electron chi connectivity index (χ4n) is 0.827. The number of hydrogen-bond acceptors (Lipinski definition) is 3. The highest BCUT2D eigenvalue weighted by Gasteiger charge is 2.35. The molecule has 0 unspecified atom stereocenters. The van der Waals surface area contributed by atoms with Crippen LogP contribution in [0.3, 0.4) is 0 Å². The van der Waals surface area contributed by atoms with Gasteiger partial charge in [0.1, 0.15) is 4.88 Å². The normalized spacial score (nSPS) is 12.0. The maximum absolute atomic E-state index is 12.1. The minimum Gasteiger partial charge on any atom is -0.330 e. The van der Waals surface area contributed by atoms with Gasteiger partial charge in [-0.1, -0.05) is 0 Å². The highest BCUT2D eigenvalue weighted by atomic mass is 32.1. The predicted molar refractivity (Wildman–Crippen MR) is 39.9 cm³/mol. The zero-order valence-electron chi connectivity index (χ0n) is 6.06. The average molecular weight is 196 g/mol. The van der Waals surface area contributed by atoms with Crippen LogP contribution in [0.2, 0.25) is 0 Å². The Hall–Kier alpha value is -0.620. The van der Waals surface area contributed by atoms with Gasteiger partial charge < -0.3 is 5.73 Å². The van der Waals surface area contributed by atoms with Crippen LogP contribution in [-0.4, -0.2) is 10.9 Å². The second-order valence-corrected chi connectivity index (χ2v) is 3.02. The summed E-state index contributed by atoms with van der Waals surface area (Å²) >= 11 is 0.466. The van der Waals surface area contributed by atoms with Gasteiger partial charge in [0.15, 0.2) is 0 Å². The number of aromatic nitrogens is 1. The summed E-state index contributed by atoms with van der Waals surface area (Å²) in [6, 6.07) is 0. The number of hydrogen-bond donors (Lipinski definition) is 1. The van der Waals surface area contributed by atoms with Crippen LogP contribution in [-0.2, 0) is 12.6 Å². The standard InChI is InChI=1S/C6H7F3N2S/c7-6(8,9)5-4(1-2-10)3-11-12-5/h3H,1-2,10H2. The monoisotopic (exact) mass is 196 g/mol. The summed E-state index contributed by atoms with van der Waals surface area (Å²) in [5.74, 6) is 0. The van der Waals surface area contributed by atoms with E-state index in [1.165, 1.54) is 6.20 Å². The maximum Gasteiger partial charge on any atom is 0.427 e. The minimum absolute atomic E-state index is 0.190. The quantitative estimate of drug-likeness (QED) is 0.781. The molecule has 0 saturated heterocycles. The number of halogens is 3. The molecule has 12 heavy (non-hydrogen) atoms. The summed E-state index contributed by atoms with van der Waals surface area (Å²) in [5, 5.41) is 0. The second kappa shape index (κ2) is 3.40. The highest BCUT2D eigenvalue weighted by molar-refractivity contribution is 7.06. The maximum atomic E-state index is 12.1. The van der Waals surface area contributed by atoms with Crippen LogP contribution in [0.15, 0.2) is 6.20 Å². The Morgan fingerprint density at radius 2 is 2.17 bits per heavy atom. The molecule has 6 heteroatoms. The molecule has 0 aliphatic heterocycles. The smallest absolute Gasteiger partial charge is 0.330 e. The highest BCUT2D eigenvalue weighted by Crippen LogP contribution is 2.34. The first-order valence-electron chi connectivity index (χ1n) is 3.26. The van der Waals surface area contributed by atoms with Gasteiger partial charge in [-0.15, -0.1) is 0 Å². The van der Waals surface area contributed by atoms with E-state index in [1.54, 1.807) is 0 Å². The van der Waals surface area contributed by atoms with Crippen LogP contribution in [0.5, 0.6) is 0 Å². The third kappa shape index (κ3) is 1.95. The summed E-state index contributed by atoms with van der Waals surface area (Å²) in [7, 11) is 0. The van der Waals surface area contributed by atoms with Gasteiger partial charge in [0, 0.05) is 6.20 Å². The van der Waals surface area contributed by atoms with E-state index in [-0.39, 0.29) is 18.5 Å². The Morgan fingerprint density at radius 3 is 2.67 bits per heavy atom. The Kier molecular flexibility index (Phi) is 2.69. The van der Waals surface area contributed by atoms with Crippen LogP contribution in [0, 0.1) is 0 Å². The summed E-state index contributed by atoms with van der Waals surface area (Å²) in [6.07, 6.45) is -2.84. The fourth-order valence-corrected chi connectivity index (χ4v) is 1.49. The summed E-state index contributed by atoms with van der Waals surface area (Å²) in [5.41, 5.74) is 5.33. The Morgan fingerprint density at radius 1 is 1.50 bits per heavy atom. The van der Waals surface area contributed by atoms with Crippen LogP contribution in [0.1, 0.15) is 10.4 Å². The molecule has 0 amide bonds. The molecule has 0 aliphatic rings. The van der Waals surface area contributed by atoms with E-state index in [2.05, 4.69) is 4.37 Å². The van der Waals surface area contributed by atoms with E-state index in [4.69, 9.17) is 5.73 Å². The van der Waals surface area contributed by atoms with Crippen molar-refractivity contribution in [3.63, 3.8) is 0 Å². The van der Waals surface area contributed by atoms with Crippen LogP contribution >= 0.6 is 11.5 Å². The van der Waals surface area contributed by atoms with E-state index >= 15 is 0 Å². The molecule has 1 aromatic rings. The molecule has 1 heterocycles. The third-order valence-corrected chi connectivity index (χ3v) is 2.20. The molecule has 68 valence electrons. The molecule has 2 nitrogen and oxygen atoms in total. The van der Waals surface area contributed by atoms with Crippen molar-refractivity contribution in [2.24, 2.45) is 5.73 Å². The zero-order valence-corrected chi connectivity index (χ0v) is 6.87. The molecule has 0 spiro atoms. The largest absolute Gasteiger partial charge is 0.427 e. The van der Waals surface area contributed by atoms with Gasteiger partial charge in [0.05, 0.1) is 0 Å². The Labute approximate surface area is 71.4 Å². The van der Waals surface area contributed by atoms with Gasteiger partial charge in [-0.25, -0.2) is 4.37 Å². The van der Waals surface area contributed by atoms with Crippen molar-refractivity contribution >= 4 is 11.5 Å². The number of nitrogens with two attached hydrogens (primary N) is 1. The molecule has 0 bridgehead atoms. The average Bonchev–Trinajstić information content (AvgIpc) is 2.34. The van der Waals surface area contributed by atoms with E-state index in [0.29, 0.717) is 11.5 Å². The molecule has 0 aliphatic carbocycles. The van der Waals surface area contributed by atoms with Gasteiger partial charge in [-0.3, -0.25) is 0 Å². The Balaban J connectivity index is 2.91. The fraction of sp³-hybridized carbons (Fsp3) is 0.500. The molecule has 0 aromatic carbocycles. The van der Waals surface area contributed by atoms with Gasteiger partial charge in [-0.2, -0.15) is 13.2 Å². The summed E-state index contributed by atoms with van der Waals surface area (Å²) in [6.45, 7) is 0.210. The molecular formula is C6H7F3N2S. The van der Waals surface area contributed by atoms with Gasteiger partial charge >= 0.3 is 6.18 Å². The van der Waals surface area contributed by atoms with Crippen LogP contribution in [0.25, 0.3) is 0 Å². The lowest BCUT2D eigenvalue weighted by Gasteiger charge is -2.04. The van der Waals surface area contributed by atoms with Crippen molar-refractivity contribution in [3.8, 4) is 0 Å². The first kappa shape index (κ1) is 9.47. The van der Waals surface area contributed by atoms with Crippen LogP contribution < -0.4 is 5.73 Å². The SMILES string of the molecule is NCCc1cnsc1C(F)(F)F. The topological polar surface area (TPSA) is 38.9 Å². The molecule has 0 saturated carbocycles. The molecule has 0 atom stereocenters. The van der Waals surface area contributed by atoms with Crippen molar-refractivity contribution in [2.45, 2.75) is 12.6 Å². The van der Waals surface area contributed by atoms with Crippen LogP contribution in [0.4, 0.5) is 13.2 Å². The van der Waals surface area contributed by atoms with Gasteiger partial charge in [-0.05, 0) is 30.1 Å². The van der Waals surface area contributed by atoms with E-state index in [0.717, 1.165) is 0 Å². The van der Waals surface area contributed by atoms with E-state index in [9.17, 15) is 13.2 Å².